The second-order valence-corrected chi connectivity index (χ2v) is 7.94. The molecule has 0 spiro atoms. The summed E-state index contributed by atoms with van der Waals surface area (Å²) in [6, 6.07) is 1.15. The Labute approximate surface area is 183 Å². The number of halogens is 2. The van der Waals surface area contributed by atoms with E-state index in [0.29, 0.717) is 11.0 Å². The lowest BCUT2D eigenvalue weighted by atomic mass is 9.98. The molecule has 0 bridgehead atoms. The van der Waals surface area contributed by atoms with E-state index in [2.05, 4.69) is 9.72 Å². The molecule has 0 saturated carbocycles. The van der Waals surface area contributed by atoms with Crippen molar-refractivity contribution in [1.82, 2.24) is 9.55 Å². The molecule has 0 unspecified atom stereocenters. The number of ether oxygens (including phenoxy) is 3. The van der Waals surface area contributed by atoms with Gasteiger partial charge in [-0.15, -0.1) is 0 Å². The van der Waals surface area contributed by atoms with Crippen LogP contribution in [0.4, 0.5) is 14.6 Å². The van der Waals surface area contributed by atoms with Crippen LogP contribution in [0.25, 0.3) is 0 Å². The standard InChI is InChI=1S/C10H18O4.C9H11F2N3O4/c1-5-6-8(11)13-7-14-9(12)10(2,3)4;10-9(11)6(16)4(3-15)18-7(9)14-2-1-5(12)13-8(14)17/h5-7H2,1-4H3;1-2,4,6-7,15-16H,3H2,(H2,12,13,17)/t;4-,6-,7-/m.1/s1. The van der Waals surface area contributed by atoms with E-state index in [-0.39, 0.29) is 24.5 Å². The second-order valence-electron chi connectivity index (χ2n) is 7.94. The number of nitrogens with two attached hydrogens (primary N) is 1. The highest BCUT2D eigenvalue weighted by Crippen LogP contribution is 2.41. The predicted octanol–water partition coefficient (Wildman–Crippen LogP) is 0.588. The van der Waals surface area contributed by atoms with Crippen molar-refractivity contribution in [1.29, 1.82) is 0 Å². The van der Waals surface area contributed by atoms with Crippen molar-refractivity contribution in [3.05, 3.63) is 22.7 Å². The summed E-state index contributed by atoms with van der Waals surface area (Å²) >= 11 is 0. The molecule has 0 amide bonds. The summed E-state index contributed by atoms with van der Waals surface area (Å²) in [6.45, 7) is 6.03. The zero-order chi connectivity index (χ0) is 24.7. The van der Waals surface area contributed by atoms with Crippen molar-refractivity contribution in [3.63, 3.8) is 0 Å². The van der Waals surface area contributed by atoms with Crippen LogP contribution in [0, 0.1) is 5.41 Å². The highest BCUT2D eigenvalue weighted by atomic mass is 19.3. The summed E-state index contributed by atoms with van der Waals surface area (Å²) in [5, 5.41) is 18.1. The fourth-order valence-corrected chi connectivity index (χ4v) is 2.36. The van der Waals surface area contributed by atoms with E-state index in [0.717, 1.165) is 18.7 Å². The number of aliphatic hydroxyl groups is 2. The molecule has 0 radical (unpaired) electrons. The van der Waals surface area contributed by atoms with Crippen molar-refractivity contribution >= 4 is 17.8 Å². The number of nitrogens with zero attached hydrogens (tertiary/aromatic N) is 2. The molecule has 1 aromatic heterocycles. The maximum Gasteiger partial charge on any atom is 0.351 e. The first-order chi connectivity index (χ1) is 14.7. The van der Waals surface area contributed by atoms with Crippen molar-refractivity contribution in [3.8, 4) is 0 Å². The summed E-state index contributed by atoms with van der Waals surface area (Å²) in [7, 11) is 0. The lowest BCUT2D eigenvalue weighted by molar-refractivity contribution is -0.173. The van der Waals surface area contributed by atoms with Gasteiger partial charge in [-0.2, -0.15) is 13.8 Å². The highest BCUT2D eigenvalue weighted by Gasteiger charge is 2.59. The quantitative estimate of drug-likeness (QED) is 0.400. The zero-order valence-electron chi connectivity index (χ0n) is 18.3. The first-order valence-corrected chi connectivity index (χ1v) is 9.75. The van der Waals surface area contributed by atoms with Gasteiger partial charge in [0.05, 0.1) is 12.0 Å². The molecule has 1 fully saturated rings. The Morgan fingerprint density at radius 2 is 1.97 bits per heavy atom. The van der Waals surface area contributed by atoms with Crippen LogP contribution >= 0.6 is 0 Å². The summed E-state index contributed by atoms with van der Waals surface area (Å²) in [4.78, 5) is 36.8. The van der Waals surface area contributed by atoms with Crippen molar-refractivity contribution < 1.29 is 42.8 Å². The van der Waals surface area contributed by atoms with Gasteiger partial charge in [0.1, 0.15) is 11.9 Å². The Bertz CT molecular complexity index is 841. The molecule has 32 heavy (non-hydrogen) atoms. The summed E-state index contributed by atoms with van der Waals surface area (Å²) in [6.07, 6.45) is -3.61. The highest BCUT2D eigenvalue weighted by molar-refractivity contribution is 5.75. The lowest BCUT2D eigenvalue weighted by Crippen LogP contribution is -2.41. The number of aromatic nitrogens is 2. The van der Waals surface area contributed by atoms with Gasteiger partial charge in [-0.3, -0.25) is 14.2 Å². The van der Waals surface area contributed by atoms with Crippen LogP contribution in [-0.4, -0.2) is 63.2 Å². The van der Waals surface area contributed by atoms with Crippen molar-refractivity contribution in [2.24, 2.45) is 5.41 Å². The fraction of sp³-hybridized carbons (Fsp3) is 0.684. The van der Waals surface area contributed by atoms with Crippen molar-refractivity contribution in [2.45, 2.75) is 64.9 Å². The number of hydrogen-bond donors (Lipinski definition) is 3. The molecular weight excluding hydrogens is 436 g/mol. The number of hydrogen-bond acceptors (Lipinski definition) is 10. The average Bonchev–Trinajstić information content (AvgIpc) is 2.91. The largest absolute Gasteiger partial charge is 0.428 e. The third-order valence-corrected chi connectivity index (χ3v) is 4.14. The minimum atomic E-state index is -3.71. The first-order valence-electron chi connectivity index (χ1n) is 9.75. The van der Waals surface area contributed by atoms with E-state index in [1.54, 1.807) is 20.8 Å². The van der Waals surface area contributed by atoms with Gasteiger partial charge in [-0.1, -0.05) is 6.92 Å². The van der Waals surface area contributed by atoms with Crippen LogP contribution in [0.2, 0.25) is 0 Å². The fourth-order valence-electron chi connectivity index (χ4n) is 2.36. The topological polar surface area (TPSA) is 163 Å². The number of rotatable bonds is 6. The Morgan fingerprint density at radius 1 is 1.34 bits per heavy atom. The molecule has 3 atom stereocenters. The van der Waals surface area contributed by atoms with Gasteiger partial charge in [0, 0.05) is 12.6 Å². The number of esters is 2. The summed E-state index contributed by atoms with van der Waals surface area (Å²) in [5.41, 5.74) is 3.65. The molecule has 1 aliphatic heterocycles. The summed E-state index contributed by atoms with van der Waals surface area (Å²) in [5.74, 6) is -4.54. The van der Waals surface area contributed by atoms with E-state index in [1.807, 2.05) is 6.92 Å². The normalized spacial score (nSPS) is 21.9. The molecule has 182 valence electrons. The van der Waals surface area contributed by atoms with Crippen LogP contribution < -0.4 is 11.4 Å². The molecule has 4 N–H and O–H groups in total. The molecule has 1 saturated heterocycles. The van der Waals surface area contributed by atoms with E-state index in [9.17, 15) is 28.3 Å². The summed E-state index contributed by atoms with van der Waals surface area (Å²) < 4.78 is 42.1. The number of anilines is 1. The smallest absolute Gasteiger partial charge is 0.351 e. The predicted molar refractivity (Wildman–Crippen MR) is 106 cm³/mol. The van der Waals surface area contributed by atoms with Gasteiger partial charge in [-0.25, -0.2) is 4.79 Å². The monoisotopic (exact) mass is 465 g/mol. The number of carbonyl (C=O) groups is 2. The Kier molecular flexibility index (Phi) is 9.67. The molecule has 1 aliphatic rings. The minimum Gasteiger partial charge on any atom is -0.428 e. The molecule has 11 nitrogen and oxygen atoms in total. The molecule has 0 aromatic carbocycles. The molecule has 0 aliphatic carbocycles. The lowest BCUT2D eigenvalue weighted by Gasteiger charge is -2.20. The molecule has 1 aromatic rings. The van der Waals surface area contributed by atoms with E-state index >= 15 is 0 Å². The number of alkyl halides is 2. The number of aliphatic hydroxyl groups excluding tert-OH is 2. The van der Waals surface area contributed by atoms with Gasteiger partial charge in [-0.05, 0) is 33.3 Å². The van der Waals surface area contributed by atoms with E-state index in [1.165, 1.54) is 0 Å². The van der Waals surface area contributed by atoms with Crippen molar-refractivity contribution in [2.75, 3.05) is 19.1 Å². The van der Waals surface area contributed by atoms with Crippen LogP contribution in [0.1, 0.15) is 46.8 Å². The molecule has 2 rings (SSSR count). The van der Waals surface area contributed by atoms with Gasteiger partial charge < -0.3 is 30.2 Å². The molecule has 2 heterocycles. The molecule has 13 heteroatoms. The average molecular weight is 465 g/mol. The van der Waals surface area contributed by atoms with Gasteiger partial charge >= 0.3 is 23.6 Å². The maximum atomic E-state index is 13.7. The van der Waals surface area contributed by atoms with Crippen LogP contribution in [0.3, 0.4) is 0 Å². The van der Waals surface area contributed by atoms with E-state index in [4.69, 9.17) is 20.3 Å². The van der Waals surface area contributed by atoms with Gasteiger partial charge in [0.15, 0.2) is 6.10 Å². The van der Waals surface area contributed by atoms with E-state index < -0.39 is 42.1 Å². The van der Waals surface area contributed by atoms with Crippen LogP contribution in [0.5, 0.6) is 0 Å². The maximum absolute atomic E-state index is 13.7. The zero-order valence-corrected chi connectivity index (χ0v) is 18.3. The molecular formula is C19H29F2N3O8. The Balaban J connectivity index is 0.000000333. The van der Waals surface area contributed by atoms with Gasteiger partial charge in [0.2, 0.25) is 13.0 Å². The number of nitrogen functional groups attached to an aromatic ring is 1. The third-order valence-electron chi connectivity index (χ3n) is 4.14. The number of carbonyl (C=O) groups excluding carboxylic acids is 2. The minimum absolute atomic E-state index is 0.114. The SMILES string of the molecule is CCCC(=O)OCOC(=O)C(C)(C)C.Nc1ccn([C@@H]2O[C@H](CO)[C@@H](O)C2(F)F)c(=O)n1. The first kappa shape index (κ1) is 27.4. The Morgan fingerprint density at radius 3 is 2.44 bits per heavy atom. The van der Waals surface area contributed by atoms with Gasteiger partial charge in [0.25, 0.3) is 0 Å². The van der Waals surface area contributed by atoms with Crippen LogP contribution in [-0.2, 0) is 23.8 Å². The Hall–Kier alpha value is -2.64. The van der Waals surface area contributed by atoms with Crippen LogP contribution in [0.15, 0.2) is 17.1 Å². The third kappa shape index (κ3) is 7.21. The second kappa shape index (κ2) is 11.3.